The van der Waals surface area contributed by atoms with Gasteiger partial charge in [-0.15, -0.1) is 11.3 Å². The molecule has 1 heterocycles. The van der Waals surface area contributed by atoms with Crippen LogP contribution in [0.5, 0.6) is 0 Å². The van der Waals surface area contributed by atoms with Gasteiger partial charge in [0.25, 0.3) is 0 Å². The Balaban J connectivity index is 1.80. The second-order valence-corrected chi connectivity index (χ2v) is 5.79. The van der Waals surface area contributed by atoms with E-state index in [2.05, 4.69) is 10.6 Å². The SMILES string of the molecule is O=C(O)CC(NC(=O)CNCC1CC1)c1cccs1. The minimum absolute atomic E-state index is 0.0884. The van der Waals surface area contributed by atoms with Gasteiger partial charge in [0.1, 0.15) is 0 Å². The van der Waals surface area contributed by atoms with Crippen molar-refractivity contribution in [2.75, 3.05) is 13.1 Å². The van der Waals surface area contributed by atoms with Crippen LogP contribution in [0.25, 0.3) is 0 Å². The average molecular weight is 282 g/mol. The van der Waals surface area contributed by atoms with E-state index in [1.165, 1.54) is 24.2 Å². The molecule has 0 aromatic carbocycles. The molecule has 0 bridgehead atoms. The molecule has 3 N–H and O–H groups in total. The normalized spacial score (nSPS) is 16.0. The van der Waals surface area contributed by atoms with Crippen molar-refractivity contribution in [1.82, 2.24) is 10.6 Å². The van der Waals surface area contributed by atoms with Crippen LogP contribution < -0.4 is 10.6 Å². The first kappa shape index (κ1) is 14.0. The van der Waals surface area contributed by atoms with Crippen LogP contribution in [0.1, 0.15) is 30.2 Å². The van der Waals surface area contributed by atoms with Crippen molar-refractivity contribution < 1.29 is 14.7 Å². The number of carboxylic acid groups (broad SMARTS) is 1. The smallest absolute Gasteiger partial charge is 0.305 e. The molecule has 104 valence electrons. The van der Waals surface area contributed by atoms with Gasteiger partial charge in [0.2, 0.25) is 5.91 Å². The first-order valence-electron chi connectivity index (χ1n) is 6.40. The summed E-state index contributed by atoms with van der Waals surface area (Å²) in [5.41, 5.74) is 0. The molecule has 1 fully saturated rings. The summed E-state index contributed by atoms with van der Waals surface area (Å²) in [4.78, 5) is 23.5. The molecule has 6 heteroatoms. The third kappa shape index (κ3) is 5.00. The molecule has 1 aromatic rings. The van der Waals surface area contributed by atoms with Crippen molar-refractivity contribution in [3.63, 3.8) is 0 Å². The van der Waals surface area contributed by atoms with Gasteiger partial charge in [-0.3, -0.25) is 9.59 Å². The molecule has 0 spiro atoms. The zero-order chi connectivity index (χ0) is 13.7. The van der Waals surface area contributed by atoms with Gasteiger partial charge in [-0.1, -0.05) is 6.07 Å². The zero-order valence-electron chi connectivity index (χ0n) is 10.6. The van der Waals surface area contributed by atoms with Crippen LogP contribution in [0.3, 0.4) is 0 Å². The zero-order valence-corrected chi connectivity index (χ0v) is 11.4. The van der Waals surface area contributed by atoms with Crippen molar-refractivity contribution >= 4 is 23.2 Å². The molecule has 2 rings (SSSR count). The fraction of sp³-hybridized carbons (Fsp3) is 0.538. The maximum absolute atomic E-state index is 11.8. The lowest BCUT2D eigenvalue weighted by Gasteiger charge is -2.15. The van der Waals surface area contributed by atoms with E-state index in [1.807, 2.05) is 17.5 Å². The van der Waals surface area contributed by atoms with Gasteiger partial charge in [0.05, 0.1) is 19.0 Å². The van der Waals surface area contributed by atoms with Gasteiger partial charge < -0.3 is 15.7 Å². The first-order chi connectivity index (χ1) is 9.15. The summed E-state index contributed by atoms with van der Waals surface area (Å²) in [5.74, 6) is -0.343. The highest BCUT2D eigenvalue weighted by Crippen LogP contribution is 2.27. The quantitative estimate of drug-likeness (QED) is 0.673. The van der Waals surface area contributed by atoms with Crippen LogP contribution in [0, 0.1) is 5.92 Å². The van der Waals surface area contributed by atoms with Gasteiger partial charge in [-0.2, -0.15) is 0 Å². The highest BCUT2D eigenvalue weighted by molar-refractivity contribution is 7.10. The molecule has 1 aliphatic carbocycles. The molecule has 0 aliphatic heterocycles. The third-order valence-corrected chi connectivity index (χ3v) is 4.00. The maximum Gasteiger partial charge on any atom is 0.305 e. The monoisotopic (exact) mass is 282 g/mol. The summed E-state index contributed by atoms with van der Waals surface area (Å²) in [6.45, 7) is 1.12. The van der Waals surface area contributed by atoms with Crippen LogP contribution in [0.4, 0.5) is 0 Å². The number of carbonyl (C=O) groups is 2. The molecule has 1 aliphatic rings. The van der Waals surface area contributed by atoms with Gasteiger partial charge >= 0.3 is 5.97 Å². The Hall–Kier alpha value is -1.40. The molecule has 19 heavy (non-hydrogen) atoms. The summed E-state index contributed by atoms with van der Waals surface area (Å²) in [6.07, 6.45) is 2.39. The van der Waals surface area contributed by atoms with E-state index in [4.69, 9.17) is 5.11 Å². The van der Waals surface area contributed by atoms with E-state index >= 15 is 0 Å². The van der Waals surface area contributed by atoms with E-state index < -0.39 is 12.0 Å². The highest BCUT2D eigenvalue weighted by atomic mass is 32.1. The average Bonchev–Trinajstić information content (AvgIpc) is 3.00. The van der Waals surface area contributed by atoms with E-state index in [9.17, 15) is 9.59 Å². The highest BCUT2D eigenvalue weighted by Gasteiger charge is 2.22. The number of hydrogen-bond donors (Lipinski definition) is 3. The number of carbonyl (C=O) groups excluding carboxylic acids is 1. The van der Waals surface area contributed by atoms with Crippen LogP contribution in [-0.2, 0) is 9.59 Å². The molecule has 0 saturated heterocycles. The lowest BCUT2D eigenvalue weighted by atomic mass is 10.1. The summed E-state index contributed by atoms with van der Waals surface area (Å²) in [7, 11) is 0. The van der Waals surface area contributed by atoms with Gasteiger partial charge in [-0.05, 0) is 36.8 Å². The van der Waals surface area contributed by atoms with E-state index in [0.717, 1.165) is 17.3 Å². The Kier molecular flexibility index (Phi) is 4.93. The molecule has 1 amide bonds. The van der Waals surface area contributed by atoms with Crippen molar-refractivity contribution in [2.45, 2.75) is 25.3 Å². The standard InChI is InChI=1S/C13H18N2O3S/c16-12(8-14-7-9-3-4-9)15-10(6-13(17)18)11-2-1-5-19-11/h1-2,5,9-10,14H,3-4,6-8H2,(H,15,16)(H,17,18). The Morgan fingerprint density at radius 3 is 2.84 bits per heavy atom. The predicted molar refractivity (Wildman–Crippen MR) is 73.0 cm³/mol. The van der Waals surface area contributed by atoms with E-state index in [-0.39, 0.29) is 18.9 Å². The molecular formula is C13H18N2O3S. The molecule has 1 aromatic heterocycles. The van der Waals surface area contributed by atoms with Crippen LogP contribution in [0.2, 0.25) is 0 Å². The lowest BCUT2D eigenvalue weighted by molar-refractivity contribution is -0.137. The fourth-order valence-electron chi connectivity index (χ4n) is 1.84. The Morgan fingerprint density at radius 2 is 2.26 bits per heavy atom. The minimum Gasteiger partial charge on any atom is -0.481 e. The molecule has 1 unspecified atom stereocenters. The summed E-state index contributed by atoms with van der Waals surface area (Å²) in [6, 6.07) is 3.26. The van der Waals surface area contributed by atoms with E-state index in [1.54, 1.807) is 0 Å². The number of aliphatic carboxylic acids is 1. The fourth-order valence-corrected chi connectivity index (χ4v) is 2.62. The number of hydrogen-bond acceptors (Lipinski definition) is 4. The number of nitrogens with one attached hydrogen (secondary N) is 2. The number of amides is 1. The first-order valence-corrected chi connectivity index (χ1v) is 7.28. The minimum atomic E-state index is -0.912. The number of thiophene rings is 1. The van der Waals surface area contributed by atoms with Gasteiger partial charge in [-0.25, -0.2) is 0 Å². The molecule has 5 nitrogen and oxygen atoms in total. The number of carboxylic acids is 1. The lowest BCUT2D eigenvalue weighted by Crippen LogP contribution is -2.37. The Bertz CT molecular complexity index is 429. The van der Waals surface area contributed by atoms with Crippen LogP contribution >= 0.6 is 11.3 Å². The van der Waals surface area contributed by atoms with Crippen LogP contribution in [-0.4, -0.2) is 30.1 Å². The largest absolute Gasteiger partial charge is 0.481 e. The summed E-state index contributed by atoms with van der Waals surface area (Å²) in [5, 5.41) is 16.6. The molecule has 1 atom stereocenters. The van der Waals surface area contributed by atoms with Crippen molar-refractivity contribution in [3.8, 4) is 0 Å². The Labute approximate surface area is 116 Å². The van der Waals surface area contributed by atoms with Crippen molar-refractivity contribution in [1.29, 1.82) is 0 Å². The van der Waals surface area contributed by atoms with E-state index in [0.29, 0.717) is 0 Å². The number of rotatable bonds is 8. The molecule has 1 saturated carbocycles. The third-order valence-electron chi connectivity index (χ3n) is 3.02. The second kappa shape index (κ2) is 6.68. The topological polar surface area (TPSA) is 78.4 Å². The molecular weight excluding hydrogens is 264 g/mol. The predicted octanol–water partition coefficient (Wildman–Crippen LogP) is 1.38. The summed E-state index contributed by atoms with van der Waals surface area (Å²) >= 11 is 1.46. The molecule has 0 radical (unpaired) electrons. The second-order valence-electron chi connectivity index (χ2n) is 4.81. The summed E-state index contributed by atoms with van der Waals surface area (Å²) < 4.78 is 0. The Morgan fingerprint density at radius 1 is 1.47 bits per heavy atom. The van der Waals surface area contributed by atoms with Gasteiger partial charge in [0, 0.05) is 4.88 Å². The van der Waals surface area contributed by atoms with Crippen molar-refractivity contribution in [2.24, 2.45) is 5.92 Å². The van der Waals surface area contributed by atoms with Crippen LogP contribution in [0.15, 0.2) is 17.5 Å². The maximum atomic E-state index is 11.8. The van der Waals surface area contributed by atoms with Crippen molar-refractivity contribution in [3.05, 3.63) is 22.4 Å². The van der Waals surface area contributed by atoms with Gasteiger partial charge in [0.15, 0.2) is 0 Å².